The molecule has 0 spiro atoms. The van der Waals surface area contributed by atoms with Crippen LogP contribution in [0.3, 0.4) is 0 Å². The molecular formula is C12H21N3O. The molecule has 0 saturated heterocycles. The van der Waals surface area contributed by atoms with E-state index in [2.05, 4.69) is 29.3 Å². The van der Waals surface area contributed by atoms with E-state index in [0.717, 1.165) is 18.1 Å². The molecule has 90 valence electrons. The molecule has 1 aromatic rings. The van der Waals surface area contributed by atoms with Gasteiger partial charge in [-0.3, -0.25) is 0 Å². The molecule has 1 aliphatic rings. The minimum atomic E-state index is 0.502. The van der Waals surface area contributed by atoms with Gasteiger partial charge in [0, 0.05) is 12.0 Å². The number of hydrogen-bond acceptors (Lipinski definition) is 4. The summed E-state index contributed by atoms with van der Waals surface area (Å²) in [7, 11) is 0. The molecule has 1 heterocycles. The Morgan fingerprint density at radius 2 is 2.19 bits per heavy atom. The van der Waals surface area contributed by atoms with Gasteiger partial charge in [0.1, 0.15) is 0 Å². The molecule has 1 aromatic heterocycles. The lowest BCUT2D eigenvalue weighted by atomic mass is 10.1. The third-order valence-corrected chi connectivity index (χ3v) is 3.42. The molecular weight excluding hydrogens is 202 g/mol. The predicted octanol–water partition coefficient (Wildman–Crippen LogP) is 2.62. The monoisotopic (exact) mass is 223 g/mol. The number of hydrogen-bond donors (Lipinski definition) is 1. The van der Waals surface area contributed by atoms with Gasteiger partial charge < -0.3 is 9.84 Å². The van der Waals surface area contributed by atoms with Crippen LogP contribution in [0.25, 0.3) is 0 Å². The molecule has 1 unspecified atom stereocenters. The summed E-state index contributed by atoms with van der Waals surface area (Å²) in [5.41, 5.74) is 0. The lowest BCUT2D eigenvalue weighted by molar-refractivity contribution is 0.352. The van der Waals surface area contributed by atoms with Crippen LogP contribution in [0.2, 0.25) is 0 Å². The molecule has 2 rings (SSSR count). The summed E-state index contributed by atoms with van der Waals surface area (Å²) >= 11 is 0. The summed E-state index contributed by atoms with van der Waals surface area (Å²) in [6.07, 6.45) is 6.17. The van der Waals surface area contributed by atoms with E-state index in [-0.39, 0.29) is 0 Å². The average Bonchev–Trinajstić information content (AvgIpc) is 2.95. The van der Waals surface area contributed by atoms with Crippen LogP contribution in [-0.4, -0.2) is 16.2 Å². The van der Waals surface area contributed by atoms with Gasteiger partial charge in [0.2, 0.25) is 5.89 Å². The number of aromatic nitrogens is 2. The van der Waals surface area contributed by atoms with Crippen molar-refractivity contribution in [3.8, 4) is 0 Å². The first-order chi connectivity index (χ1) is 7.79. The summed E-state index contributed by atoms with van der Waals surface area (Å²) in [5.74, 6) is 2.18. The van der Waals surface area contributed by atoms with Gasteiger partial charge in [0.25, 0.3) is 0 Å². The second-order valence-electron chi connectivity index (χ2n) is 4.72. The number of nitrogens with zero attached hydrogens (tertiary/aromatic N) is 2. The summed E-state index contributed by atoms with van der Waals surface area (Å²) < 4.78 is 5.25. The summed E-state index contributed by atoms with van der Waals surface area (Å²) in [6.45, 7) is 5.01. The first-order valence-corrected chi connectivity index (χ1v) is 6.35. The Labute approximate surface area is 96.8 Å². The Morgan fingerprint density at radius 3 is 2.88 bits per heavy atom. The third kappa shape index (κ3) is 2.82. The van der Waals surface area contributed by atoms with Crippen molar-refractivity contribution in [2.24, 2.45) is 0 Å². The minimum absolute atomic E-state index is 0.502. The minimum Gasteiger partial charge on any atom is -0.338 e. The molecule has 0 radical (unpaired) electrons. The van der Waals surface area contributed by atoms with Crippen LogP contribution in [0.15, 0.2) is 4.52 Å². The Bertz CT molecular complexity index is 318. The van der Waals surface area contributed by atoms with E-state index in [1.807, 2.05) is 0 Å². The molecule has 0 aliphatic heterocycles. The second-order valence-corrected chi connectivity index (χ2v) is 4.72. The Hall–Kier alpha value is -0.900. The standard InChI is InChI=1S/C12H21N3O/c1-3-9(2)13-8-11-14-12(15-16-11)10-6-4-5-7-10/h9-10,13H,3-8H2,1-2H3. The Morgan fingerprint density at radius 1 is 1.44 bits per heavy atom. The number of nitrogens with one attached hydrogen (secondary N) is 1. The van der Waals surface area contributed by atoms with E-state index < -0.39 is 0 Å². The number of rotatable bonds is 5. The van der Waals surface area contributed by atoms with Crippen molar-refractivity contribution in [3.63, 3.8) is 0 Å². The van der Waals surface area contributed by atoms with Gasteiger partial charge in [-0.2, -0.15) is 4.98 Å². The zero-order valence-corrected chi connectivity index (χ0v) is 10.2. The van der Waals surface area contributed by atoms with Crippen LogP contribution in [0, 0.1) is 0 Å². The smallest absolute Gasteiger partial charge is 0.240 e. The molecule has 16 heavy (non-hydrogen) atoms. The van der Waals surface area contributed by atoms with Crippen LogP contribution in [0.5, 0.6) is 0 Å². The highest BCUT2D eigenvalue weighted by molar-refractivity contribution is 4.97. The highest BCUT2D eigenvalue weighted by atomic mass is 16.5. The van der Waals surface area contributed by atoms with Crippen molar-refractivity contribution in [2.75, 3.05) is 0 Å². The van der Waals surface area contributed by atoms with E-state index >= 15 is 0 Å². The van der Waals surface area contributed by atoms with Gasteiger partial charge in [-0.25, -0.2) is 0 Å². The van der Waals surface area contributed by atoms with Crippen LogP contribution in [0.4, 0.5) is 0 Å². The molecule has 1 fully saturated rings. The van der Waals surface area contributed by atoms with Gasteiger partial charge in [-0.15, -0.1) is 0 Å². The van der Waals surface area contributed by atoms with E-state index in [4.69, 9.17) is 4.52 Å². The van der Waals surface area contributed by atoms with Crippen LogP contribution < -0.4 is 5.32 Å². The second kappa shape index (κ2) is 5.43. The molecule has 1 atom stereocenters. The van der Waals surface area contributed by atoms with Gasteiger partial charge in [-0.1, -0.05) is 24.9 Å². The van der Waals surface area contributed by atoms with Crippen LogP contribution in [-0.2, 0) is 6.54 Å². The van der Waals surface area contributed by atoms with Crippen molar-refractivity contribution in [2.45, 2.75) is 64.5 Å². The van der Waals surface area contributed by atoms with Gasteiger partial charge >= 0.3 is 0 Å². The highest BCUT2D eigenvalue weighted by Gasteiger charge is 2.22. The maximum atomic E-state index is 5.25. The quantitative estimate of drug-likeness (QED) is 0.833. The Balaban J connectivity index is 1.86. The fourth-order valence-corrected chi connectivity index (χ4v) is 2.10. The van der Waals surface area contributed by atoms with E-state index in [1.54, 1.807) is 0 Å². The van der Waals surface area contributed by atoms with Gasteiger partial charge in [-0.05, 0) is 26.2 Å². The maximum absolute atomic E-state index is 5.25. The van der Waals surface area contributed by atoms with Crippen LogP contribution in [0.1, 0.15) is 63.6 Å². The van der Waals surface area contributed by atoms with Crippen molar-refractivity contribution in [3.05, 3.63) is 11.7 Å². The normalized spacial score (nSPS) is 19.1. The first kappa shape index (κ1) is 11.6. The molecule has 1 N–H and O–H groups in total. The van der Waals surface area contributed by atoms with Crippen molar-refractivity contribution >= 4 is 0 Å². The van der Waals surface area contributed by atoms with E-state index in [0.29, 0.717) is 18.5 Å². The molecule has 1 aliphatic carbocycles. The topological polar surface area (TPSA) is 51.0 Å². The zero-order chi connectivity index (χ0) is 11.4. The average molecular weight is 223 g/mol. The van der Waals surface area contributed by atoms with Crippen LogP contribution >= 0.6 is 0 Å². The third-order valence-electron chi connectivity index (χ3n) is 3.42. The van der Waals surface area contributed by atoms with Crippen molar-refractivity contribution in [1.29, 1.82) is 0 Å². The SMILES string of the molecule is CCC(C)NCc1nc(C2CCCC2)no1. The fraction of sp³-hybridized carbons (Fsp3) is 0.833. The summed E-state index contributed by atoms with van der Waals surface area (Å²) in [5, 5.41) is 7.43. The maximum Gasteiger partial charge on any atom is 0.240 e. The highest BCUT2D eigenvalue weighted by Crippen LogP contribution is 2.32. The Kier molecular flexibility index (Phi) is 3.93. The molecule has 4 heteroatoms. The summed E-state index contributed by atoms with van der Waals surface area (Å²) in [6, 6.07) is 0.502. The first-order valence-electron chi connectivity index (χ1n) is 6.35. The zero-order valence-electron chi connectivity index (χ0n) is 10.2. The van der Waals surface area contributed by atoms with E-state index in [9.17, 15) is 0 Å². The van der Waals surface area contributed by atoms with Gasteiger partial charge in [0.15, 0.2) is 5.82 Å². The van der Waals surface area contributed by atoms with Crippen molar-refractivity contribution in [1.82, 2.24) is 15.5 Å². The molecule has 1 saturated carbocycles. The lowest BCUT2D eigenvalue weighted by Crippen LogP contribution is -2.24. The van der Waals surface area contributed by atoms with Crippen molar-refractivity contribution < 1.29 is 4.52 Å². The molecule has 0 bridgehead atoms. The lowest BCUT2D eigenvalue weighted by Gasteiger charge is -2.07. The molecule has 0 aromatic carbocycles. The predicted molar refractivity (Wildman–Crippen MR) is 62.1 cm³/mol. The van der Waals surface area contributed by atoms with E-state index in [1.165, 1.54) is 25.7 Å². The molecule has 4 nitrogen and oxygen atoms in total. The van der Waals surface area contributed by atoms with Gasteiger partial charge in [0.05, 0.1) is 6.54 Å². The largest absolute Gasteiger partial charge is 0.338 e. The molecule has 0 amide bonds. The fourth-order valence-electron chi connectivity index (χ4n) is 2.10. The summed E-state index contributed by atoms with van der Waals surface area (Å²) in [4.78, 5) is 4.46.